The predicted octanol–water partition coefficient (Wildman–Crippen LogP) is 1.75. The van der Waals surface area contributed by atoms with Gasteiger partial charge in [-0.1, -0.05) is 0 Å². The zero-order valence-electron chi connectivity index (χ0n) is 12.2. The number of nitrogens with one attached hydrogen (secondary N) is 1. The second-order valence-corrected chi connectivity index (χ2v) is 3.77. The van der Waals surface area contributed by atoms with Crippen LogP contribution in [0.15, 0.2) is 17.1 Å². The first-order valence-electron chi connectivity index (χ1n) is 5.98. The van der Waals surface area contributed by atoms with Gasteiger partial charge in [0.25, 0.3) is 0 Å². The van der Waals surface area contributed by atoms with E-state index in [4.69, 9.17) is 19.9 Å². The number of halogens is 1. The Balaban J connectivity index is 0.00000361. The fourth-order valence-electron chi connectivity index (χ4n) is 1.64. The average Bonchev–Trinajstić information content (AvgIpc) is 2.44. The molecule has 0 spiro atoms. The summed E-state index contributed by atoms with van der Waals surface area (Å²) >= 11 is 0. The summed E-state index contributed by atoms with van der Waals surface area (Å²) in [5.74, 6) is 2.19. The highest BCUT2D eigenvalue weighted by Gasteiger charge is 2.12. The monoisotopic (exact) mass is 395 g/mol. The van der Waals surface area contributed by atoms with Crippen molar-refractivity contribution in [3.05, 3.63) is 17.7 Å². The van der Waals surface area contributed by atoms with Gasteiger partial charge < -0.3 is 25.3 Å². The van der Waals surface area contributed by atoms with Crippen molar-refractivity contribution in [2.24, 2.45) is 10.7 Å². The Hall–Kier alpha value is -1.38. The summed E-state index contributed by atoms with van der Waals surface area (Å²) < 4.78 is 15.8. The molecule has 0 saturated carbocycles. The zero-order chi connectivity index (χ0) is 14.3. The van der Waals surface area contributed by atoms with Crippen LogP contribution in [-0.4, -0.2) is 33.8 Å². The van der Waals surface area contributed by atoms with Gasteiger partial charge in [-0.3, -0.25) is 0 Å². The Kier molecular flexibility index (Phi) is 8.86. The molecule has 0 fully saturated rings. The Morgan fingerprint density at radius 3 is 2.10 bits per heavy atom. The minimum Gasteiger partial charge on any atom is -0.493 e. The average molecular weight is 395 g/mol. The van der Waals surface area contributed by atoms with Crippen LogP contribution in [0.4, 0.5) is 0 Å². The Labute approximate surface area is 136 Å². The quantitative estimate of drug-likeness (QED) is 0.436. The molecule has 1 rings (SSSR count). The fraction of sp³-hybridized carbons (Fsp3) is 0.462. The van der Waals surface area contributed by atoms with Crippen LogP contribution in [-0.2, 0) is 6.54 Å². The van der Waals surface area contributed by atoms with Crippen molar-refractivity contribution in [2.45, 2.75) is 13.5 Å². The number of hydrogen-bond acceptors (Lipinski definition) is 4. The normalized spacial score (nSPS) is 10.5. The van der Waals surface area contributed by atoms with E-state index in [-0.39, 0.29) is 24.0 Å². The molecular formula is C13H22IN3O3. The van der Waals surface area contributed by atoms with Crippen LogP contribution in [0.1, 0.15) is 12.5 Å². The molecule has 7 heteroatoms. The molecule has 6 nitrogen and oxygen atoms in total. The molecule has 0 amide bonds. The first kappa shape index (κ1) is 18.6. The van der Waals surface area contributed by atoms with Gasteiger partial charge in [0.2, 0.25) is 5.75 Å². The lowest BCUT2D eigenvalue weighted by Crippen LogP contribution is -2.31. The van der Waals surface area contributed by atoms with E-state index in [0.717, 1.165) is 12.1 Å². The van der Waals surface area contributed by atoms with Gasteiger partial charge in [0.15, 0.2) is 17.5 Å². The Morgan fingerprint density at radius 2 is 1.70 bits per heavy atom. The van der Waals surface area contributed by atoms with E-state index >= 15 is 0 Å². The van der Waals surface area contributed by atoms with Gasteiger partial charge >= 0.3 is 0 Å². The molecule has 0 radical (unpaired) electrons. The number of hydrogen-bond donors (Lipinski definition) is 2. The van der Waals surface area contributed by atoms with Gasteiger partial charge in [-0.2, -0.15) is 0 Å². The molecule has 0 aromatic heterocycles. The molecule has 0 aliphatic heterocycles. The molecule has 3 N–H and O–H groups in total. The third kappa shape index (κ3) is 4.95. The van der Waals surface area contributed by atoms with E-state index in [2.05, 4.69) is 10.3 Å². The molecule has 0 saturated heterocycles. The number of ether oxygens (including phenoxy) is 3. The number of methoxy groups -OCH3 is 3. The highest BCUT2D eigenvalue weighted by molar-refractivity contribution is 14.0. The van der Waals surface area contributed by atoms with Gasteiger partial charge in [-0.05, 0) is 24.6 Å². The smallest absolute Gasteiger partial charge is 0.203 e. The molecule has 0 heterocycles. The molecule has 0 bridgehead atoms. The molecule has 20 heavy (non-hydrogen) atoms. The summed E-state index contributed by atoms with van der Waals surface area (Å²) in [6.07, 6.45) is 0. The van der Waals surface area contributed by atoms with Crippen LogP contribution < -0.4 is 25.3 Å². The van der Waals surface area contributed by atoms with Crippen LogP contribution in [0, 0.1) is 0 Å². The van der Waals surface area contributed by atoms with Crippen LogP contribution in [0.25, 0.3) is 0 Å². The molecule has 114 valence electrons. The van der Waals surface area contributed by atoms with E-state index in [0.29, 0.717) is 29.8 Å². The zero-order valence-corrected chi connectivity index (χ0v) is 14.6. The fourth-order valence-corrected chi connectivity index (χ4v) is 1.64. The summed E-state index contributed by atoms with van der Waals surface area (Å²) in [5.41, 5.74) is 6.61. The molecule has 0 unspecified atom stereocenters. The van der Waals surface area contributed by atoms with Crippen molar-refractivity contribution in [2.75, 3.05) is 27.9 Å². The van der Waals surface area contributed by atoms with Crippen LogP contribution in [0.2, 0.25) is 0 Å². The van der Waals surface area contributed by atoms with Crippen LogP contribution in [0.5, 0.6) is 17.2 Å². The molecule has 1 aromatic rings. The van der Waals surface area contributed by atoms with Crippen LogP contribution >= 0.6 is 24.0 Å². The summed E-state index contributed by atoms with van der Waals surface area (Å²) in [4.78, 5) is 4.22. The standard InChI is InChI=1S/C13H21N3O3.HI/c1-5-15-13(14)16-8-9-6-10(17-2)12(19-4)11(7-9)18-3;/h6-7H,5,8H2,1-4H3,(H3,14,15,16);1H. The van der Waals surface area contributed by atoms with Gasteiger partial charge in [-0.25, -0.2) is 4.99 Å². The van der Waals surface area contributed by atoms with E-state index in [1.54, 1.807) is 21.3 Å². The number of nitrogens with two attached hydrogens (primary N) is 1. The molecule has 0 aliphatic rings. The summed E-state index contributed by atoms with van der Waals surface area (Å²) in [5, 5.41) is 2.94. The summed E-state index contributed by atoms with van der Waals surface area (Å²) in [7, 11) is 4.73. The van der Waals surface area contributed by atoms with Crippen molar-refractivity contribution in [1.82, 2.24) is 5.32 Å². The van der Waals surface area contributed by atoms with E-state index in [1.807, 2.05) is 19.1 Å². The largest absolute Gasteiger partial charge is 0.493 e. The maximum atomic E-state index is 5.68. The first-order chi connectivity index (χ1) is 9.15. The van der Waals surface area contributed by atoms with Crippen LogP contribution in [0.3, 0.4) is 0 Å². The van der Waals surface area contributed by atoms with Crippen molar-refractivity contribution in [1.29, 1.82) is 0 Å². The number of benzene rings is 1. The third-order valence-corrected chi connectivity index (χ3v) is 2.51. The number of rotatable bonds is 6. The minimum atomic E-state index is 0. The minimum absolute atomic E-state index is 0. The van der Waals surface area contributed by atoms with Crippen molar-refractivity contribution < 1.29 is 14.2 Å². The second kappa shape index (κ2) is 9.51. The maximum Gasteiger partial charge on any atom is 0.203 e. The van der Waals surface area contributed by atoms with Gasteiger partial charge in [-0.15, -0.1) is 24.0 Å². The molecule has 1 aromatic carbocycles. The number of aliphatic imine (C=N–C) groups is 1. The van der Waals surface area contributed by atoms with E-state index in [1.165, 1.54) is 0 Å². The molecular weight excluding hydrogens is 373 g/mol. The molecule has 0 atom stereocenters. The number of nitrogens with zero attached hydrogens (tertiary/aromatic N) is 1. The van der Waals surface area contributed by atoms with E-state index < -0.39 is 0 Å². The lowest BCUT2D eigenvalue weighted by Gasteiger charge is -2.13. The van der Waals surface area contributed by atoms with Crippen molar-refractivity contribution >= 4 is 29.9 Å². The third-order valence-electron chi connectivity index (χ3n) is 2.51. The highest BCUT2D eigenvalue weighted by atomic mass is 127. The highest BCUT2D eigenvalue weighted by Crippen LogP contribution is 2.38. The van der Waals surface area contributed by atoms with E-state index in [9.17, 15) is 0 Å². The Morgan fingerprint density at radius 1 is 1.15 bits per heavy atom. The lowest BCUT2D eigenvalue weighted by molar-refractivity contribution is 0.324. The maximum absolute atomic E-state index is 5.68. The predicted molar refractivity (Wildman–Crippen MR) is 90.5 cm³/mol. The molecule has 0 aliphatic carbocycles. The SMILES string of the molecule is CCNC(N)=NCc1cc(OC)c(OC)c(OC)c1.I. The Bertz CT molecular complexity index is 427. The van der Waals surface area contributed by atoms with Crippen molar-refractivity contribution in [3.8, 4) is 17.2 Å². The lowest BCUT2D eigenvalue weighted by atomic mass is 10.2. The summed E-state index contributed by atoms with van der Waals surface area (Å²) in [6, 6.07) is 3.70. The van der Waals surface area contributed by atoms with Crippen molar-refractivity contribution in [3.63, 3.8) is 0 Å². The van der Waals surface area contributed by atoms with Gasteiger partial charge in [0.1, 0.15) is 0 Å². The topological polar surface area (TPSA) is 78.1 Å². The second-order valence-electron chi connectivity index (χ2n) is 3.77. The number of guanidine groups is 1. The summed E-state index contributed by atoms with van der Waals surface area (Å²) in [6.45, 7) is 3.14. The van der Waals surface area contributed by atoms with Gasteiger partial charge in [0, 0.05) is 6.54 Å². The first-order valence-corrected chi connectivity index (χ1v) is 5.98. The van der Waals surface area contributed by atoms with Gasteiger partial charge in [0.05, 0.1) is 27.9 Å².